The van der Waals surface area contributed by atoms with Crippen LogP contribution in [0.5, 0.6) is 0 Å². The van der Waals surface area contributed by atoms with Crippen LogP contribution in [0.3, 0.4) is 0 Å². The van der Waals surface area contributed by atoms with Crippen LogP contribution < -0.4 is 10.2 Å². The lowest BCUT2D eigenvalue weighted by Gasteiger charge is -2.37. The summed E-state index contributed by atoms with van der Waals surface area (Å²) in [5.41, 5.74) is 2.45. The molecule has 0 aliphatic carbocycles. The van der Waals surface area contributed by atoms with Crippen LogP contribution >= 0.6 is 0 Å². The Bertz CT molecular complexity index is 878. The van der Waals surface area contributed by atoms with Gasteiger partial charge >= 0.3 is 0 Å². The summed E-state index contributed by atoms with van der Waals surface area (Å²) in [4.78, 5) is 44.1. The van der Waals surface area contributed by atoms with Crippen molar-refractivity contribution in [1.82, 2.24) is 15.2 Å². The highest BCUT2D eigenvalue weighted by Gasteiger charge is 2.28. The maximum atomic E-state index is 12.8. The predicted octanol–water partition coefficient (Wildman–Crippen LogP) is 0.653. The fourth-order valence-corrected chi connectivity index (χ4v) is 3.43. The molecule has 1 atom stereocenters. The second-order valence-electron chi connectivity index (χ2n) is 7.25. The second-order valence-corrected chi connectivity index (χ2v) is 7.25. The molecule has 1 aliphatic heterocycles. The zero-order valence-electron chi connectivity index (χ0n) is 17.0. The molecule has 2 N–H and O–H groups in total. The van der Waals surface area contributed by atoms with Crippen molar-refractivity contribution in [2.24, 2.45) is 0 Å². The lowest BCUT2D eigenvalue weighted by Crippen LogP contribution is -2.56. The van der Waals surface area contributed by atoms with Gasteiger partial charge in [-0.1, -0.05) is 0 Å². The molecule has 158 valence electrons. The van der Waals surface area contributed by atoms with E-state index in [1.165, 1.54) is 6.92 Å². The number of carbonyl (C=O) groups is 3. The van der Waals surface area contributed by atoms with Gasteiger partial charge in [-0.3, -0.25) is 19.4 Å². The molecule has 2 aromatic rings. The third-order valence-electron chi connectivity index (χ3n) is 5.16. The van der Waals surface area contributed by atoms with Crippen molar-refractivity contribution in [3.05, 3.63) is 59.9 Å². The molecule has 0 spiro atoms. The Morgan fingerprint density at radius 1 is 1.03 bits per heavy atom. The third-order valence-corrected chi connectivity index (χ3v) is 5.16. The fourth-order valence-electron chi connectivity index (χ4n) is 3.43. The van der Waals surface area contributed by atoms with Crippen molar-refractivity contribution in [2.45, 2.75) is 19.4 Å². The van der Waals surface area contributed by atoms with E-state index in [0.29, 0.717) is 31.7 Å². The highest BCUT2D eigenvalue weighted by atomic mass is 16.3. The van der Waals surface area contributed by atoms with Crippen molar-refractivity contribution in [3.63, 3.8) is 0 Å². The summed E-state index contributed by atoms with van der Waals surface area (Å²) < 4.78 is 0. The van der Waals surface area contributed by atoms with Gasteiger partial charge in [-0.2, -0.15) is 0 Å². The van der Waals surface area contributed by atoms with Crippen molar-refractivity contribution in [1.29, 1.82) is 0 Å². The Kier molecular flexibility index (Phi) is 7.13. The van der Waals surface area contributed by atoms with E-state index >= 15 is 0 Å². The molecule has 2 amide bonds. The van der Waals surface area contributed by atoms with Crippen molar-refractivity contribution in [2.75, 3.05) is 37.7 Å². The van der Waals surface area contributed by atoms with Crippen LogP contribution in [0.4, 0.5) is 5.69 Å². The standard InChI is InChI=1S/C22H26N4O4/c1-16(28)18-2-4-19(5-3-18)25-10-12-26(13-11-25)22(30)20(15-27)24-21(29)14-17-6-8-23-9-7-17/h2-9,20,27H,10-15H2,1H3,(H,24,29)/t20-/m0/s1. The molecule has 1 aromatic heterocycles. The molecule has 1 aliphatic rings. The zero-order valence-corrected chi connectivity index (χ0v) is 17.0. The van der Waals surface area contributed by atoms with Gasteiger partial charge in [0.1, 0.15) is 6.04 Å². The van der Waals surface area contributed by atoms with E-state index in [9.17, 15) is 19.5 Å². The Labute approximate surface area is 175 Å². The Balaban J connectivity index is 1.52. The lowest BCUT2D eigenvalue weighted by atomic mass is 10.1. The maximum absolute atomic E-state index is 12.8. The normalized spacial score (nSPS) is 14.9. The molecule has 1 fully saturated rings. The summed E-state index contributed by atoms with van der Waals surface area (Å²) in [6.07, 6.45) is 3.32. The van der Waals surface area contributed by atoms with Gasteiger partial charge in [-0.15, -0.1) is 0 Å². The lowest BCUT2D eigenvalue weighted by molar-refractivity contribution is -0.137. The van der Waals surface area contributed by atoms with Crippen LogP contribution in [0.1, 0.15) is 22.8 Å². The topological polar surface area (TPSA) is 103 Å². The average molecular weight is 410 g/mol. The molecule has 2 heterocycles. The first-order valence-electron chi connectivity index (χ1n) is 9.92. The molecule has 0 saturated carbocycles. The summed E-state index contributed by atoms with van der Waals surface area (Å²) in [5, 5.41) is 12.3. The van der Waals surface area contributed by atoms with Gasteiger partial charge in [-0.25, -0.2) is 0 Å². The fraction of sp³-hybridized carbons (Fsp3) is 0.364. The number of nitrogens with one attached hydrogen (secondary N) is 1. The van der Waals surface area contributed by atoms with E-state index in [0.717, 1.165) is 11.3 Å². The summed E-state index contributed by atoms with van der Waals surface area (Å²) in [6, 6.07) is 9.93. The second kappa shape index (κ2) is 9.98. The molecular weight excluding hydrogens is 384 g/mol. The number of anilines is 1. The Morgan fingerprint density at radius 3 is 2.23 bits per heavy atom. The van der Waals surface area contributed by atoms with E-state index in [1.54, 1.807) is 41.6 Å². The van der Waals surface area contributed by atoms with Gasteiger partial charge < -0.3 is 20.2 Å². The number of ketones is 1. The van der Waals surface area contributed by atoms with Crippen molar-refractivity contribution < 1.29 is 19.5 Å². The number of amides is 2. The van der Waals surface area contributed by atoms with Crippen molar-refractivity contribution >= 4 is 23.3 Å². The van der Waals surface area contributed by atoms with E-state index in [1.807, 2.05) is 12.1 Å². The van der Waals surface area contributed by atoms with Crippen LogP contribution in [-0.4, -0.2) is 71.4 Å². The molecule has 3 rings (SSSR count). The first-order valence-corrected chi connectivity index (χ1v) is 9.92. The number of piperazine rings is 1. The van der Waals surface area contributed by atoms with Crippen LogP contribution in [0.2, 0.25) is 0 Å². The number of nitrogens with zero attached hydrogens (tertiary/aromatic N) is 3. The van der Waals surface area contributed by atoms with E-state index < -0.39 is 12.6 Å². The maximum Gasteiger partial charge on any atom is 0.247 e. The van der Waals surface area contributed by atoms with Gasteiger partial charge in [0, 0.05) is 49.8 Å². The average Bonchev–Trinajstić information content (AvgIpc) is 2.78. The molecule has 1 aromatic carbocycles. The number of aliphatic hydroxyl groups excluding tert-OH is 1. The Hall–Kier alpha value is -3.26. The number of aromatic nitrogens is 1. The number of pyridine rings is 1. The molecule has 8 nitrogen and oxygen atoms in total. The monoisotopic (exact) mass is 410 g/mol. The van der Waals surface area contributed by atoms with Gasteiger partial charge in [0.15, 0.2) is 5.78 Å². The minimum atomic E-state index is -0.958. The molecule has 0 radical (unpaired) electrons. The molecular formula is C22H26N4O4. The number of Topliss-reactive ketones (excluding diaryl/α,β-unsaturated/α-hetero) is 1. The smallest absolute Gasteiger partial charge is 0.247 e. The van der Waals surface area contributed by atoms with Gasteiger partial charge in [0.2, 0.25) is 11.8 Å². The number of hydrogen-bond acceptors (Lipinski definition) is 6. The van der Waals surface area contributed by atoms with Gasteiger partial charge in [0.05, 0.1) is 13.0 Å². The number of carbonyl (C=O) groups excluding carboxylic acids is 3. The minimum Gasteiger partial charge on any atom is -0.394 e. The molecule has 30 heavy (non-hydrogen) atoms. The summed E-state index contributed by atoms with van der Waals surface area (Å²) in [6.45, 7) is 3.33. The molecule has 0 unspecified atom stereocenters. The number of rotatable bonds is 7. The van der Waals surface area contributed by atoms with E-state index in [2.05, 4.69) is 15.2 Å². The number of aliphatic hydroxyl groups is 1. The summed E-state index contributed by atoms with van der Waals surface area (Å²) in [5.74, 6) is -0.581. The highest BCUT2D eigenvalue weighted by molar-refractivity contribution is 5.94. The first kappa shape index (κ1) is 21.4. The molecule has 8 heteroatoms. The van der Waals surface area contributed by atoms with Crippen LogP contribution in [0, 0.1) is 0 Å². The first-order chi connectivity index (χ1) is 14.5. The molecule has 0 bridgehead atoms. The van der Waals surface area contributed by atoms with E-state index in [4.69, 9.17) is 0 Å². The largest absolute Gasteiger partial charge is 0.394 e. The number of hydrogen-bond donors (Lipinski definition) is 2. The number of benzene rings is 1. The summed E-state index contributed by atoms with van der Waals surface area (Å²) >= 11 is 0. The van der Waals surface area contributed by atoms with Crippen molar-refractivity contribution in [3.8, 4) is 0 Å². The summed E-state index contributed by atoms with van der Waals surface area (Å²) in [7, 11) is 0. The van der Waals surface area contributed by atoms with E-state index in [-0.39, 0.29) is 24.0 Å². The minimum absolute atomic E-state index is 0.0259. The molecule has 1 saturated heterocycles. The SMILES string of the molecule is CC(=O)c1ccc(N2CCN(C(=O)[C@H](CO)NC(=O)Cc3ccncc3)CC2)cc1. The zero-order chi connectivity index (χ0) is 21.5. The quantitative estimate of drug-likeness (QED) is 0.650. The van der Waals surface area contributed by atoms with Crippen LogP contribution in [-0.2, 0) is 16.0 Å². The third kappa shape index (κ3) is 5.42. The van der Waals surface area contributed by atoms with Gasteiger partial charge in [-0.05, 0) is 48.9 Å². The van der Waals surface area contributed by atoms with Crippen LogP contribution in [0.15, 0.2) is 48.8 Å². The predicted molar refractivity (Wildman–Crippen MR) is 112 cm³/mol. The highest BCUT2D eigenvalue weighted by Crippen LogP contribution is 2.18. The van der Waals surface area contributed by atoms with Gasteiger partial charge in [0.25, 0.3) is 0 Å². The van der Waals surface area contributed by atoms with Crippen LogP contribution in [0.25, 0.3) is 0 Å². The Morgan fingerprint density at radius 2 is 1.67 bits per heavy atom.